The van der Waals surface area contributed by atoms with E-state index in [1.807, 2.05) is 35.7 Å². The molecule has 210 valence electrons. The maximum Gasteiger partial charge on any atom is 0.169 e. The monoisotopic (exact) mass is 572 g/mol. The highest BCUT2D eigenvalue weighted by atomic mass is 33.1. The Morgan fingerprint density at radius 2 is 1.32 bits per heavy atom. The minimum Gasteiger partial charge on any atom is -0.384 e. The minimum absolute atomic E-state index is 0.955. The third-order valence-electron chi connectivity index (χ3n) is 6.37. The van der Waals surface area contributed by atoms with Crippen molar-refractivity contribution < 1.29 is 9.88 Å². The van der Waals surface area contributed by atoms with Crippen LogP contribution in [0.1, 0.15) is 37.5 Å². The van der Waals surface area contributed by atoms with Crippen LogP contribution in [0.2, 0.25) is 0 Å². The second-order valence-corrected chi connectivity index (χ2v) is 12.3. The van der Waals surface area contributed by atoms with Gasteiger partial charge in [-0.15, -0.1) is 0 Å². The van der Waals surface area contributed by atoms with Gasteiger partial charge >= 0.3 is 0 Å². The molecule has 0 unspecified atom stereocenters. The molecule has 40 heavy (non-hydrogen) atoms. The average Bonchev–Trinajstić information content (AvgIpc) is 2.97. The molecule has 4 nitrogen and oxygen atoms in total. The van der Waals surface area contributed by atoms with E-state index in [2.05, 4.69) is 145 Å². The molecule has 3 aromatic rings. The van der Waals surface area contributed by atoms with E-state index in [-0.39, 0.29) is 0 Å². The molecule has 1 heterocycles. The van der Waals surface area contributed by atoms with Gasteiger partial charge in [-0.25, -0.2) is 4.57 Å². The van der Waals surface area contributed by atoms with Crippen LogP contribution >= 0.6 is 21.6 Å². The predicted octanol–water partition coefficient (Wildman–Crippen LogP) is 7.03. The second kappa shape index (κ2) is 17.5. The number of benzene rings is 2. The zero-order valence-electron chi connectivity index (χ0n) is 24.5. The molecule has 4 N–H and O–H groups in total. The van der Waals surface area contributed by atoms with Crippen LogP contribution < -0.4 is 20.5 Å². The van der Waals surface area contributed by atoms with E-state index >= 15 is 0 Å². The standard InChI is InChI=1S/C34H42N4S2/c1-6-31(15-18-35-4)27(2)25-29-7-11-33(12-8-29)36-19-23-39-40-24-20-37-34-13-9-30(10-14-34)26-28(3)32-16-21-38(5)22-17-32/h6-18,21-22,25-26,35-36H,19-20,23-24H2,1-5H3/p+2. The van der Waals surface area contributed by atoms with Gasteiger partial charge in [0.05, 0.1) is 13.2 Å². The first-order valence-electron chi connectivity index (χ1n) is 13.9. The van der Waals surface area contributed by atoms with Gasteiger partial charge in [0, 0.05) is 48.1 Å². The summed E-state index contributed by atoms with van der Waals surface area (Å²) in [5.74, 6) is 2.13. The molecule has 0 fully saturated rings. The van der Waals surface area contributed by atoms with Gasteiger partial charge in [0.25, 0.3) is 0 Å². The summed E-state index contributed by atoms with van der Waals surface area (Å²) in [6.07, 6.45) is 15.0. The van der Waals surface area contributed by atoms with Crippen LogP contribution in [0.15, 0.2) is 103 Å². The van der Waals surface area contributed by atoms with Crippen molar-refractivity contribution in [1.29, 1.82) is 0 Å². The Labute approximate surface area is 249 Å². The molecule has 3 rings (SSSR count). The molecule has 0 saturated heterocycles. The van der Waals surface area contributed by atoms with E-state index in [1.165, 1.54) is 44.8 Å². The highest BCUT2D eigenvalue weighted by molar-refractivity contribution is 8.76. The van der Waals surface area contributed by atoms with Crippen molar-refractivity contribution in [3.8, 4) is 0 Å². The fourth-order valence-corrected chi connectivity index (χ4v) is 5.89. The van der Waals surface area contributed by atoms with Crippen LogP contribution in [0, 0.1) is 0 Å². The number of nitrogens with one attached hydrogen (secondary N) is 2. The van der Waals surface area contributed by atoms with Crippen molar-refractivity contribution >= 4 is 50.7 Å². The lowest BCUT2D eigenvalue weighted by Gasteiger charge is -2.08. The Hall–Kier alpha value is -3.19. The van der Waals surface area contributed by atoms with Gasteiger partial charge in [-0.05, 0) is 84.5 Å². The fourth-order valence-electron chi connectivity index (χ4n) is 4.07. The van der Waals surface area contributed by atoms with E-state index in [4.69, 9.17) is 0 Å². The van der Waals surface area contributed by atoms with Gasteiger partial charge < -0.3 is 16.0 Å². The number of nitrogens with two attached hydrogens (primary N) is 1. The lowest BCUT2D eigenvalue weighted by Crippen LogP contribution is -2.72. The summed E-state index contributed by atoms with van der Waals surface area (Å²) in [4.78, 5) is 0. The van der Waals surface area contributed by atoms with Crippen molar-refractivity contribution in [2.45, 2.75) is 20.8 Å². The largest absolute Gasteiger partial charge is 0.384 e. The van der Waals surface area contributed by atoms with Gasteiger partial charge in [-0.2, -0.15) is 0 Å². The Morgan fingerprint density at radius 3 is 1.82 bits per heavy atom. The minimum atomic E-state index is 0.955. The number of pyridine rings is 1. The molecular formula is C34H44N4S2+2. The Balaban J connectivity index is 1.30. The average molecular weight is 573 g/mol. The number of allylic oxidation sites excluding steroid dienone is 5. The summed E-state index contributed by atoms with van der Waals surface area (Å²) in [5.41, 5.74) is 9.80. The first-order valence-corrected chi connectivity index (χ1v) is 16.3. The maximum atomic E-state index is 3.53. The lowest BCUT2D eigenvalue weighted by molar-refractivity contribution is -0.671. The Kier molecular flexibility index (Phi) is 13.7. The van der Waals surface area contributed by atoms with Crippen LogP contribution in [0.3, 0.4) is 0 Å². The summed E-state index contributed by atoms with van der Waals surface area (Å²) in [6.45, 7) is 8.31. The topological polar surface area (TPSA) is 44.6 Å². The molecule has 6 heteroatoms. The number of rotatable bonds is 15. The summed E-state index contributed by atoms with van der Waals surface area (Å²) in [6, 6.07) is 21.7. The Bertz CT molecular complexity index is 1290. The SMILES string of the molecule is CC=C(C=C[NH2+]C)C(C)=Cc1ccc(NCCSSCCNc2ccc(C=C(C)c3cc[n+](C)cc3)cc2)cc1. The van der Waals surface area contributed by atoms with Crippen molar-refractivity contribution in [1.82, 2.24) is 0 Å². The zero-order chi connectivity index (χ0) is 28.6. The second-order valence-electron chi connectivity index (χ2n) is 9.58. The molecule has 0 aliphatic heterocycles. The summed E-state index contributed by atoms with van der Waals surface area (Å²) in [5, 5.41) is 9.12. The predicted molar refractivity (Wildman–Crippen MR) is 180 cm³/mol. The fraction of sp³-hybridized carbons (Fsp3) is 0.265. The van der Waals surface area contributed by atoms with Crippen molar-refractivity contribution in [3.63, 3.8) is 0 Å². The van der Waals surface area contributed by atoms with Crippen LogP contribution in [0.5, 0.6) is 0 Å². The number of hydrogen-bond donors (Lipinski definition) is 3. The van der Waals surface area contributed by atoms with E-state index < -0.39 is 0 Å². The van der Waals surface area contributed by atoms with Gasteiger partial charge in [-0.3, -0.25) is 0 Å². The normalized spacial score (nSPS) is 12.7. The van der Waals surface area contributed by atoms with Gasteiger partial charge in [-0.1, -0.05) is 64.1 Å². The highest BCUT2D eigenvalue weighted by Crippen LogP contribution is 2.22. The summed E-state index contributed by atoms with van der Waals surface area (Å²) < 4.78 is 2.05. The van der Waals surface area contributed by atoms with E-state index in [0.29, 0.717) is 0 Å². The van der Waals surface area contributed by atoms with Gasteiger partial charge in [0.2, 0.25) is 0 Å². The maximum absolute atomic E-state index is 3.53. The molecule has 0 aliphatic carbocycles. The van der Waals surface area contributed by atoms with Crippen LogP contribution in [0.4, 0.5) is 11.4 Å². The number of nitrogens with zero attached hydrogens (tertiary/aromatic N) is 1. The third-order valence-corrected chi connectivity index (χ3v) is 8.78. The Morgan fingerprint density at radius 1 is 0.800 bits per heavy atom. The lowest BCUT2D eigenvalue weighted by atomic mass is 10.0. The quantitative estimate of drug-likeness (QED) is 0.0792. The smallest absolute Gasteiger partial charge is 0.169 e. The number of quaternary nitrogens is 1. The van der Waals surface area contributed by atoms with Crippen molar-refractivity contribution in [2.24, 2.45) is 7.05 Å². The molecule has 1 aromatic heterocycles. The molecular weight excluding hydrogens is 529 g/mol. The number of hydrogen-bond acceptors (Lipinski definition) is 4. The van der Waals surface area contributed by atoms with Gasteiger partial charge in [0.1, 0.15) is 7.05 Å². The highest BCUT2D eigenvalue weighted by Gasteiger charge is 2.01. The first kappa shape index (κ1) is 31.3. The molecule has 2 aromatic carbocycles. The van der Waals surface area contributed by atoms with Crippen molar-refractivity contribution in [2.75, 3.05) is 42.3 Å². The van der Waals surface area contributed by atoms with E-state index in [9.17, 15) is 0 Å². The van der Waals surface area contributed by atoms with Gasteiger partial charge in [0.15, 0.2) is 12.4 Å². The van der Waals surface area contributed by atoms with Crippen LogP contribution in [0.25, 0.3) is 17.7 Å². The molecule has 0 spiro atoms. The molecule has 0 aliphatic rings. The van der Waals surface area contributed by atoms with Crippen LogP contribution in [-0.4, -0.2) is 31.6 Å². The van der Waals surface area contributed by atoms with Crippen molar-refractivity contribution in [3.05, 3.63) is 119 Å². The third kappa shape index (κ3) is 11.1. The molecule has 0 atom stereocenters. The number of aryl methyl sites for hydroxylation is 1. The molecule has 0 radical (unpaired) electrons. The molecule has 0 bridgehead atoms. The summed E-state index contributed by atoms with van der Waals surface area (Å²) in [7, 11) is 7.92. The molecule has 0 saturated carbocycles. The van der Waals surface area contributed by atoms with Crippen LogP contribution in [-0.2, 0) is 7.05 Å². The first-order chi connectivity index (χ1) is 19.5. The number of anilines is 2. The summed E-state index contributed by atoms with van der Waals surface area (Å²) >= 11 is 0. The number of aromatic nitrogens is 1. The zero-order valence-corrected chi connectivity index (χ0v) is 26.1. The van der Waals surface area contributed by atoms with E-state index in [0.717, 1.165) is 24.6 Å². The van der Waals surface area contributed by atoms with E-state index in [1.54, 1.807) is 0 Å². The molecule has 0 amide bonds.